The lowest BCUT2D eigenvalue weighted by Crippen LogP contribution is -2.33. The molecule has 3 nitrogen and oxygen atoms in total. The first-order valence-electron chi connectivity index (χ1n) is 6.15. The number of fused-ring (bicyclic) bond motifs is 2. The van der Waals surface area contributed by atoms with Gasteiger partial charge in [0.1, 0.15) is 5.82 Å². The van der Waals surface area contributed by atoms with E-state index in [4.69, 9.17) is 0 Å². The van der Waals surface area contributed by atoms with Gasteiger partial charge in [-0.3, -0.25) is 0 Å². The van der Waals surface area contributed by atoms with Crippen LogP contribution < -0.4 is 4.90 Å². The summed E-state index contributed by atoms with van der Waals surface area (Å²) >= 11 is 0. The topological polar surface area (TPSA) is 36.4 Å². The Kier molecular flexibility index (Phi) is 2.36. The zero-order valence-corrected chi connectivity index (χ0v) is 9.63. The summed E-state index contributed by atoms with van der Waals surface area (Å²) < 4.78 is 0. The molecule has 1 saturated carbocycles. The number of nitrogens with zero attached hydrogens (tertiary/aromatic N) is 2. The van der Waals surface area contributed by atoms with Crippen molar-refractivity contribution >= 4 is 5.82 Å². The van der Waals surface area contributed by atoms with Gasteiger partial charge in [0, 0.05) is 24.3 Å². The van der Waals surface area contributed by atoms with E-state index >= 15 is 0 Å². The molecule has 16 heavy (non-hydrogen) atoms. The van der Waals surface area contributed by atoms with Crippen LogP contribution in [-0.4, -0.2) is 22.7 Å². The summed E-state index contributed by atoms with van der Waals surface area (Å²) in [6, 6.07) is 4.55. The molecule has 2 fully saturated rings. The minimum Gasteiger partial charge on any atom is -0.389 e. The fraction of sp³-hybridized carbons (Fsp3) is 0.615. The average molecular weight is 218 g/mol. The molecule has 0 amide bonds. The van der Waals surface area contributed by atoms with Crippen molar-refractivity contribution in [1.82, 2.24) is 4.98 Å². The van der Waals surface area contributed by atoms with Crippen LogP contribution in [0, 0.1) is 5.92 Å². The van der Waals surface area contributed by atoms with Crippen molar-refractivity contribution in [2.45, 2.75) is 38.3 Å². The Morgan fingerprint density at radius 1 is 1.50 bits per heavy atom. The van der Waals surface area contributed by atoms with Crippen molar-refractivity contribution in [2.24, 2.45) is 5.92 Å². The zero-order valence-electron chi connectivity index (χ0n) is 9.63. The third kappa shape index (κ3) is 1.50. The Labute approximate surface area is 96.1 Å². The number of aliphatic hydroxyl groups excluding tert-OH is 1. The highest BCUT2D eigenvalue weighted by Gasteiger charge is 2.39. The molecule has 0 spiro atoms. The van der Waals surface area contributed by atoms with Gasteiger partial charge in [-0.05, 0) is 38.2 Å². The fourth-order valence-corrected chi connectivity index (χ4v) is 3.16. The summed E-state index contributed by atoms with van der Waals surface area (Å²) in [5.41, 5.74) is 0.968. The van der Waals surface area contributed by atoms with Crippen LogP contribution in [0.4, 0.5) is 5.82 Å². The third-order valence-electron chi connectivity index (χ3n) is 3.95. The predicted octanol–water partition coefficient (Wildman–Crippen LogP) is 2.12. The number of pyridine rings is 1. The minimum absolute atomic E-state index is 0.428. The van der Waals surface area contributed by atoms with Crippen LogP contribution in [0.2, 0.25) is 0 Å². The van der Waals surface area contributed by atoms with E-state index in [1.54, 1.807) is 0 Å². The molecular formula is C13H18N2O. The van der Waals surface area contributed by atoms with Crippen molar-refractivity contribution in [3.05, 3.63) is 23.9 Å². The van der Waals surface area contributed by atoms with Gasteiger partial charge in [-0.1, -0.05) is 6.07 Å². The summed E-state index contributed by atoms with van der Waals surface area (Å²) in [5.74, 6) is 1.86. The third-order valence-corrected chi connectivity index (χ3v) is 3.95. The number of hydrogen-bond acceptors (Lipinski definition) is 3. The number of hydrogen-bond donors (Lipinski definition) is 1. The smallest absolute Gasteiger partial charge is 0.134 e. The number of rotatable bonds is 2. The number of anilines is 1. The van der Waals surface area contributed by atoms with Crippen LogP contribution in [0.25, 0.3) is 0 Å². The van der Waals surface area contributed by atoms with Crippen LogP contribution in [0.3, 0.4) is 0 Å². The van der Waals surface area contributed by atoms with Gasteiger partial charge in [-0.2, -0.15) is 0 Å². The van der Waals surface area contributed by atoms with Gasteiger partial charge in [0.15, 0.2) is 0 Å². The second-order valence-electron chi connectivity index (χ2n) is 5.08. The van der Waals surface area contributed by atoms with Crippen molar-refractivity contribution in [3.63, 3.8) is 0 Å². The first-order valence-corrected chi connectivity index (χ1v) is 6.15. The molecule has 1 aromatic rings. The van der Waals surface area contributed by atoms with Gasteiger partial charge in [0.05, 0.1) is 6.10 Å². The van der Waals surface area contributed by atoms with E-state index in [-0.39, 0.29) is 0 Å². The first kappa shape index (κ1) is 10.1. The van der Waals surface area contributed by atoms with E-state index in [0.717, 1.165) is 23.8 Å². The van der Waals surface area contributed by atoms with Crippen LogP contribution in [0.1, 0.15) is 37.9 Å². The Morgan fingerprint density at radius 2 is 2.38 bits per heavy atom. The summed E-state index contributed by atoms with van der Waals surface area (Å²) in [6.07, 6.45) is 5.38. The molecule has 0 radical (unpaired) electrons. The van der Waals surface area contributed by atoms with E-state index in [1.165, 1.54) is 19.3 Å². The molecule has 2 bridgehead atoms. The molecule has 2 heterocycles. The maximum Gasteiger partial charge on any atom is 0.134 e. The van der Waals surface area contributed by atoms with Gasteiger partial charge in [-0.25, -0.2) is 4.98 Å². The van der Waals surface area contributed by atoms with Gasteiger partial charge in [0.2, 0.25) is 0 Å². The summed E-state index contributed by atoms with van der Waals surface area (Å²) in [4.78, 5) is 6.87. The Bertz CT molecular complexity index is 391. The van der Waals surface area contributed by atoms with E-state index in [9.17, 15) is 5.11 Å². The second-order valence-corrected chi connectivity index (χ2v) is 5.08. The predicted molar refractivity (Wildman–Crippen MR) is 63.3 cm³/mol. The molecule has 1 aliphatic heterocycles. The lowest BCUT2D eigenvalue weighted by molar-refractivity contribution is 0.199. The molecule has 2 aliphatic rings. The van der Waals surface area contributed by atoms with Gasteiger partial charge in [-0.15, -0.1) is 0 Å². The number of piperidine rings is 1. The average Bonchev–Trinajstić information content (AvgIpc) is 2.90. The number of aliphatic hydroxyl groups is 1. The maximum absolute atomic E-state index is 9.77. The molecular weight excluding hydrogens is 200 g/mol. The van der Waals surface area contributed by atoms with E-state index < -0.39 is 6.10 Å². The SMILES string of the molecule is C[C@@H](O)c1cccnc1N1CC2CCC1C2. The zero-order chi connectivity index (χ0) is 11.1. The van der Waals surface area contributed by atoms with Crippen molar-refractivity contribution in [1.29, 1.82) is 0 Å². The lowest BCUT2D eigenvalue weighted by Gasteiger charge is -2.30. The highest BCUT2D eigenvalue weighted by molar-refractivity contribution is 5.50. The molecule has 1 aliphatic carbocycles. The molecule has 0 aromatic carbocycles. The molecule has 86 valence electrons. The lowest BCUT2D eigenvalue weighted by atomic mass is 10.1. The Balaban J connectivity index is 1.94. The van der Waals surface area contributed by atoms with Crippen molar-refractivity contribution < 1.29 is 5.11 Å². The van der Waals surface area contributed by atoms with E-state index in [2.05, 4.69) is 9.88 Å². The number of aromatic nitrogens is 1. The Hall–Kier alpha value is -1.09. The molecule has 3 heteroatoms. The van der Waals surface area contributed by atoms with Crippen LogP contribution in [0.15, 0.2) is 18.3 Å². The van der Waals surface area contributed by atoms with Gasteiger partial charge in [0.25, 0.3) is 0 Å². The molecule has 3 rings (SSSR count). The minimum atomic E-state index is -0.428. The molecule has 1 N–H and O–H groups in total. The quantitative estimate of drug-likeness (QED) is 0.826. The van der Waals surface area contributed by atoms with Crippen LogP contribution in [0.5, 0.6) is 0 Å². The van der Waals surface area contributed by atoms with Gasteiger partial charge < -0.3 is 10.0 Å². The first-order chi connectivity index (χ1) is 7.75. The largest absolute Gasteiger partial charge is 0.389 e. The van der Waals surface area contributed by atoms with Gasteiger partial charge >= 0.3 is 0 Å². The summed E-state index contributed by atoms with van der Waals surface area (Å²) in [5, 5.41) is 9.77. The monoisotopic (exact) mass is 218 g/mol. The highest BCUT2D eigenvalue weighted by atomic mass is 16.3. The van der Waals surface area contributed by atoms with E-state index in [0.29, 0.717) is 6.04 Å². The molecule has 1 saturated heterocycles. The second kappa shape index (κ2) is 3.74. The summed E-state index contributed by atoms with van der Waals surface area (Å²) in [7, 11) is 0. The molecule has 1 aromatic heterocycles. The molecule has 2 unspecified atom stereocenters. The van der Waals surface area contributed by atoms with Crippen LogP contribution in [-0.2, 0) is 0 Å². The van der Waals surface area contributed by atoms with E-state index in [1.807, 2.05) is 25.3 Å². The highest BCUT2D eigenvalue weighted by Crippen LogP contribution is 2.41. The standard InChI is InChI=1S/C13H18N2O/c1-9(16)12-3-2-6-14-13(12)15-8-10-4-5-11(15)7-10/h2-3,6,9-11,16H,4-5,7-8H2,1H3/t9-,10?,11?/m1/s1. The summed E-state index contributed by atoms with van der Waals surface area (Å²) in [6.45, 7) is 2.94. The maximum atomic E-state index is 9.77. The fourth-order valence-electron chi connectivity index (χ4n) is 3.16. The van der Waals surface area contributed by atoms with Crippen molar-refractivity contribution in [3.8, 4) is 0 Å². The Morgan fingerprint density at radius 3 is 3.00 bits per heavy atom. The van der Waals surface area contributed by atoms with Crippen molar-refractivity contribution in [2.75, 3.05) is 11.4 Å². The normalized spacial score (nSPS) is 29.8. The van der Waals surface area contributed by atoms with Crippen LogP contribution >= 0.6 is 0 Å². The molecule has 3 atom stereocenters.